The second-order valence-corrected chi connectivity index (χ2v) is 4.36. The van der Waals surface area contributed by atoms with Gasteiger partial charge in [-0.15, -0.1) is 0 Å². The van der Waals surface area contributed by atoms with Crippen LogP contribution in [-0.2, 0) is 9.59 Å². The third kappa shape index (κ3) is 5.85. The largest absolute Gasteiger partial charge is 0.481 e. The predicted molar refractivity (Wildman–Crippen MR) is 72.0 cm³/mol. The highest BCUT2D eigenvalue weighted by molar-refractivity contribution is 6.14. The zero-order chi connectivity index (χ0) is 15.8. The standard InChI is InChI=1S/C8H5NO2.C6H10O4/c10-7-5-2-1-3-6(4-5)8(11)9-7;7-5(8)3-1-2-4-6(9)10/h1-4H,(H,9,10,11);1-4H2,(H,7,8)(H,9,10). The Morgan fingerprint density at radius 3 is 1.71 bits per heavy atom. The molecule has 0 spiro atoms. The molecule has 1 aliphatic heterocycles. The lowest BCUT2D eigenvalue weighted by atomic mass is 10.1. The lowest BCUT2D eigenvalue weighted by molar-refractivity contribution is -0.139. The molecule has 0 aliphatic carbocycles. The zero-order valence-corrected chi connectivity index (χ0v) is 11.2. The maximum absolute atomic E-state index is 10.9. The summed E-state index contributed by atoms with van der Waals surface area (Å²) >= 11 is 0. The SMILES string of the molecule is O=C(O)CCCCC(=O)O.O=C1NC(=O)c2cccc1c2. The number of carboxylic acids is 2. The van der Waals surface area contributed by atoms with Crippen molar-refractivity contribution < 1.29 is 29.4 Å². The number of benzene rings is 1. The van der Waals surface area contributed by atoms with Crippen molar-refractivity contribution in [1.29, 1.82) is 0 Å². The second kappa shape index (κ2) is 7.78. The van der Waals surface area contributed by atoms with E-state index in [4.69, 9.17) is 10.2 Å². The molecule has 0 aromatic heterocycles. The Hall–Kier alpha value is -2.70. The van der Waals surface area contributed by atoms with Crippen LogP contribution in [0.4, 0.5) is 0 Å². The third-order valence-electron chi connectivity index (χ3n) is 2.65. The minimum Gasteiger partial charge on any atom is -0.481 e. The van der Waals surface area contributed by atoms with Gasteiger partial charge in [-0.1, -0.05) is 6.07 Å². The maximum atomic E-state index is 10.9. The number of nitrogens with one attached hydrogen (secondary N) is 1. The highest BCUT2D eigenvalue weighted by Crippen LogP contribution is 2.09. The van der Waals surface area contributed by atoms with Gasteiger partial charge in [0.2, 0.25) is 0 Å². The number of rotatable bonds is 5. The molecule has 1 aromatic carbocycles. The highest BCUT2D eigenvalue weighted by atomic mass is 16.4. The molecule has 0 saturated carbocycles. The minimum atomic E-state index is -0.870. The van der Waals surface area contributed by atoms with Crippen molar-refractivity contribution in [2.45, 2.75) is 25.7 Å². The van der Waals surface area contributed by atoms with Crippen molar-refractivity contribution in [3.05, 3.63) is 35.4 Å². The Bertz CT molecular complexity index is 521. The average molecular weight is 293 g/mol. The number of unbranched alkanes of at least 4 members (excludes halogenated alkanes) is 1. The quantitative estimate of drug-likeness (QED) is 0.555. The summed E-state index contributed by atoms with van der Waals surface area (Å²) in [5, 5.41) is 18.5. The zero-order valence-electron chi connectivity index (χ0n) is 11.2. The number of imide groups is 1. The van der Waals surface area contributed by atoms with E-state index < -0.39 is 11.9 Å². The van der Waals surface area contributed by atoms with Crippen LogP contribution in [0.3, 0.4) is 0 Å². The maximum Gasteiger partial charge on any atom is 0.303 e. The first-order valence-corrected chi connectivity index (χ1v) is 6.29. The van der Waals surface area contributed by atoms with Crippen LogP contribution in [0.2, 0.25) is 0 Å². The molecule has 1 heterocycles. The van der Waals surface area contributed by atoms with Gasteiger partial charge < -0.3 is 10.2 Å². The Balaban J connectivity index is 0.000000212. The van der Waals surface area contributed by atoms with Crippen molar-refractivity contribution in [2.75, 3.05) is 0 Å². The fourth-order valence-electron chi connectivity index (χ4n) is 1.60. The molecule has 0 radical (unpaired) electrons. The van der Waals surface area contributed by atoms with Gasteiger partial charge in [0.15, 0.2) is 0 Å². The van der Waals surface area contributed by atoms with Crippen LogP contribution in [0.15, 0.2) is 24.3 Å². The first-order valence-electron chi connectivity index (χ1n) is 6.29. The molecule has 7 heteroatoms. The number of amides is 2. The monoisotopic (exact) mass is 293 g/mol. The summed E-state index contributed by atoms with van der Waals surface area (Å²) in [6, 6.07) is 6.62. The van der Waals surface area contributed by atoms with E-state index in [0.29, 0.717) is 24.0 Å². The van der Waals surface area contributed by atoms with E-state index >= 15 is 0 Å². The van der Waals surface area contributed by atoms with Crippen molar-refractivity contribution in [1.82, 2.24) is 5.32 Å². The van der Waals surface area contributed by atoms with Crippen LogP contribution in [0.1, 0.15) is 46.4 Å². The van der Waals surface area contributed by atoms with E-state index in [1.807, 2.05) is 0 Å². The number of aliphatic carboxylic acids is 2. The number of hydrogen-bond acceptors (Lipinski definition) is 4. The lowest BCUT2D eigenvalue weighted by Gasteiger charge is -2.10. The summed E-state index contributed by atoms with van der Waals surface area (Å²) in [4.78, 5) is 41.7. The molecular weight excluding hydrogens is 278 g/mol. The van der Waals surface area contributed by atoms with E-state index in [-0.39, 0.29) is 24.7 Å². The molecule has 3 N–H and O–H groups in total. The molecule has 7 nitrogen and oxygen atoms in total. The van der Waals surface area contributed by atoms with Crippen LogP contribution < -0.4 is 5.32 Å². The molecular formula is C14H15NO6. The average Bonchev–Trinajstić information content (AvgIpc) is 2.43. The van der Waals surface area contributed by atoms with Crippen LogP contribution in [0, 0.1) is 0 Å². The molecule has 2 rings (SSSR count). The second-order valence-electron chi connectivity index (χ2n) is 4.36. The van der Waals surface area contributed by atoms with Gasteiger partial charge in [-0.2, -0.15) is 0 Å². The molecule has 0 unspecified atom stereocenters. The van der Waals surface area contributed by atoms with Crippen molar-refractivity contribution >= 4 is 23.8 Å². The normalized spacial score (nSPS) is 12.0. The number of fused-ring (bicyclic) bond motifs is 2. The van der Waals surface area contributed by atoms with Gasteiger partial charge in [0.05, 0.1) is 0 Å². The van der Waals surface area contributed by atoms with Gasteiger partial charge in [0.25, 0.3) is 11.8 Å². The van der Waals surface area contributed by atoms with Gasteiger partial charge in [0, 0.05) is 24.0 Å². The smallest absolute Gasteiger partial charge is 0.303 e. The first kappa shape index (κ1) is 16.4. The molecule has 2 amide bonds. The third-order valence-corrected chi connectivity index (χ3v) is 2.65. The van der Waals surface area contributed by atoms with E-state index in [1.165, 1.54) is 0 Å². The van der Waals surface area contributed by atoms with Crippen LogP contribution in [0.25, 0.3) is 0 Å². The van der Waals surface area contributed by atoms with Gasteiger partial charge >= 0.3 is 11.9 Å². The fraction of sp³-hybridized carbons (Fsp3) is 0.286. The lowest BCUT2D eigenvalue weighted by Crippen LogP contribution is -2.34. The topological polar surface area (TPSA) is 121 Å². The molecule has 2 bridgehead atoms. The number of hydrogen-bond donors (Lipinski definition) is 3. The Kier molecular flexibility index (Phi) is 6.06. The van der Waals surface area contributed by atoms with Crippen molar-refractivity contribution in [3.8, 4) is 0 Å². The van der Waals surface area contributed by atoms with Crippen molar-refractivity contribution in [2.24, 2.45) is 0 Å². The molecule has 0 saturated heterocycles. The fourth-order valence-corrected chi connectivity index (χ4v) is 1.60. The Morgan fingerprint density at radius 2 is 1.33 bits per heavy atom. The number of carbonyl (C=O) groups excluding carboxylic acids is 2. The Labute approximate surface area is 120 Å². The first-order chi connectivity index (χ1) is 9.90. The summed E-state index contributed by atoms with van der Waals surface area (Å²) in [6.07, 6.45) is 1.02. The van der Waals surface area contributed by atoms with E-state index in [2.05, 4.69) is 5.32 Å². The van der Waals surface area contributed by atoms with Gasteiger partial charge in [-0.25, -0.2) is 0 Å². The summed E-state index contributed by atoms with van der Waals surface area (Å²) in [6.45, 7) is 0. The summed E-state index contributed by atoms with van der Waals surface area (Å²) in [5.74, 6) is -2.37. The predicted octanol–water partition coefficient (Wildman–Crippen LogP) is 1.29. The van der Waals surface area contributed by atoms with Crippen LogP contribution in [-0.4, -0.2) is 34.0 Å². The van der Waals surface area contributed by atoms with Gasteiger partial charge in [0.1, 0.15) is 0 Å². The van der Waals surface area contributed by atoms with Crippen molar-refractivity contribution in [3.63, 3.8) is 0 Å². The number of carboxylic acid groups (broad SMARTS) is 2. The summed E-state index contributed by atoms with van der Waals surface area (Å²) in [5.41, 5.74) is 1.09. The molecule has 0 fully saturated rings. The number of carbonyl (C=O) groups is 4. The highest BCUT2D eigenvalue weighted by Gasteiger charge is 2.18. The molecule has 21 heavy (non-hydrogen) atoms. The van der Waals surface area contributed by atoms with Crippen LogP contribution in [0.5, 0.6) is 0 Å². The summed E-state index contributed by atoms with van der Waals surface area (Å²) < 4.78 is 0. The van der Waals surface area contributed by atoms with E-state index in [9.17, 15) is 19.2 Å². The van der Waals surface area contributed by atoms with E-state index in [1.54, 1.807) is 24.3 Å². The minimum absolute atomic E-state index is 0.0628. The Morgan fingerprint density at radius 1 is 0.905 bits per heavy atom. The summed E-state index contributed by atoms with van der Waals surface area (Å²) in [7, 11) is 0. The molecule has 112 valence electrons. The van der Waals surface area contributed by atoms with Gasteiger partial charge in [-0.05, 0) is 31.0 Å². The molecule has 1 aliphatic rings. The van der Waals surface area contributed by atoms with E-state index in [0.717, 1.165) is 0 Å². The molecule has 1 aromatic rings. The molecule has 0 atom stereocenters. The van der Waals surface area contributed by atoms with Crippen LogP contribution >= 0.6 is 0 Å². The van der Waals surface area contributed by atoms with Gasteiger partial charge in [-0.3, -0.25) is 24.5 Å².